The molecule has 5 heteroatoms. The van der Waals surface area contributed by atoms with Gasteiger partial charge in [0, 0.05) is 23.6 Å². The van der Waals surface area contributed by atoms with Crippen LogP contribution in [0.25, 0.3) is 0 Å². The molecular weight excluding hydrogens is 269 g/mol. The molecule has 0 fully saturated rings. The summed E-state index contributed by atoms with van der Waals surface area (Å²) >= 11 is 0. The minimum absolute atomic E-state index is 0.0426. The summed E-state index contributed by atoms with van der Waals surface area (Å²) in [6.07, 6.45) is 0. The Kier molecular flexibility index (Phi) is 4.32. The largest absolute Gasteiger partial charge is 0.494 e. The zero-order chi connectivity index (χ0) is 15.6. The Bertz CT molecular complexity index is 616. The van der Waals surface area contributed by atoms with Gasteiger partial charge in [0.1, 0.15) is 0 Å². The van der Waals surface area contributed by atoms with Crippen LogP contribution in [0.4, 0.5) is 4.39 Å². The van der Waals surface area contributed by atoms with Crippen LogP contribution in [0.1, 0.15) is 43.6 Å². The fourth-order valence-electron chi connectivity index (χ4n) is 2.24. The van der Waals surface area contributed by atoms with Crippen LogP contribution in [0, 0.1) is 5.82 Å². The second-order valence-corrected chi connectivity index (χ2v) is 6.14. The summed E-state index contributed by atoms with van der Waals surface area (Å²) in [5.74, 6) is -0.271. The summed E-state index contributed by atoms with van der Waals surface area (Å²) < 4.78 is 18.8. The molecule has 0 saturated carbocycles. The third kappa shape index (κ3) is 3.24. The summed E-state index contributed by atoms with van der Waals surface area (Å²) in [7, 11) is 1.45. The van der Waals surface area contributed by atoms with Gasteiger partial charge in [-0.05, 0) is 23.8 Å². The quantitative estimate of drug-likeness (QED) is 0.910. The first kappa shape index (κ1) is 15.5. The number of halogens is 1. The molecule has 21 heavy (non-hydrogen) atoms. The third-order valence-corrected chi connectivity index (χ3v) is 3.56. The fraction of sp³-hybridized carbons (Fsp3) is 0.438. The molecule has 0 saturated heterocycles. The molecule has 0 aliphatic heterocycles. The molecule has 0 aliphatic carbocycles. The number of hydrogen-bond acceptors (Lipinski definition) is 3. The van der Waals surface area contributed by atoms with E-state index in [-0.39, 0.29) is 22.9 Å². The highest BCUT2D eigenvalue weighted by Crippen LogP contribution is 2.29. The van der Waals surface area contributed by atoms with Crippen molar-refractivity contribution in [2.24, 2.45) is 5.73 Å². The predicted molar refractivity (Wildman–Crippen MR) is 81.1 cm³/mol. The maximum atomic E-state index is 13.9. The normalized spacial score (nSPS) is 13.2. The first-order valence-electron chi connectivity index (χ1n) is 6.96. The lowest BCUT2D eigenvalue weighted by Crippen LogP contribution is -2.15. The first-order chi connectivity index (χ1) is 9.86. The van der Waals surface area contributed by atoms with Gasteiger partial charge in [-0.25, -0.2) is 4.39 Å². The average Bonchev–Trinajstić information content (AvgIpc) is 2.89. The van der Waals surface area contributed by atoms with Gasteiger partial charge in [0.15, 0.2) is 11.6 Å². The minimum Gasteiger partial charge on any atom is -0.494 e. The highest BCUT2D eigenvalue weighted by molar-refractivity contribution is 5.36. The number of aromatic nitrogens is 2. The molecule has 2 aromatic rings. The second-order valence-electron chi connectivity index (χ2n) is 6.14. The van der Waals surface area contributed by atoms with E-state index in [0.717, 1.165) is 17.0 Å². The number of nitrogens with zero attached hydrogens (tertiary/aromatic N) is 1. The average molecular weight is 291 g/mol. The molecule has 1 heterocycles. The Morgan fingerprint density at radius 2 is 2.05 bits per heavy atom. The number of methoxy groups -OCH3 is 1. The summed E-state index contributed by atoms with van der Waals surface area (Å²) in [5.41, 5.74) is 8.50. The van der Waals surface area contributed by atoms with Crippen LogP contribution in [0.5, 0.6) is 5.75 Å². The van der Waals surface area contributed by atoms with E-state index in [4.69, 9.17) is 10.5 Å². The van der Waals surface area contributed by atoms with E-state index in [1.807, 2.05) is 12.1 Å². The lowest BCUT2D eigenvalue weighted by Gasteiger charge is -2.15. The lowest BCUT2D eigenvalue weighted by atomic mass is 9.90. The number of H-pyrrole nitrogens is 1. The zero-order valence-electron chi connectivity index (χ0n) is 12.9. The summed E-state index contributed by atoms with van der Waals surface area (Å²) in [6, 6.07) is 6.92. The molecule has 1 atom stereocenters. The molecule has 0 bridgehead atoms. The molecule has 114 valence electrons. The molecule has 1 aromatic heterocycles. The fourth-order valence-corrected chi connectivity index (χ4v) is 2.24. The van der Waals surface area contributed by atoms with Crippen molar-refractivity contribution in [1.29, 1.82) is 0 Å². The summed E-state index contributed by atoms with van der Waals surface area (Å²) in [4.78, 5) is 0. The van der Waals surface area contributed by atoms with Crippen LogP contribution in [0.3, 0.4) is 0 Å². The van der Waals surface area contributed by atoms with Gasteiger partial charge in [-0.3, -0.25) is 5.10 Å². The molecule has 0 aliphatic rings. The van der Waals surface area contributed by atoms with Gasteiger partial charge in [-0.2, -0.15) is 5.10 Å². The molecule has 1 unspecified atom stereocenters. The van der Waals surface area contributed by atoms with E-state index in [2.05, 4.69) is 31.0 Å². The Labute approximate surface area is 124 Å². The van der Waals surface area contributed by atoms with Crippen molar-refractivity contribution in [2.75, 3.05) is 13.7 Å². The summed E-state index contributed by atoms with van der Waals surface area (Å²) in [5, 5.41) is 7.37. The van der Waals surface area contributed by atoms with Crippen molar-refractivity contribution in [2.45, 2.75) is 32.1 Å². The maximum Gasteiger partial charge on any atom is 0.165 e. The number of ether oxygens (including phenoxy) is 1. The third-order valence-electron chi connectivity index (χ3n) is 3.56. The Hall–Kier alpha value is -1.88. The Balaban J connectivity index is 2.35. The molecule has 3 N–H and O–H groups in total. The van der Waals surface area contributed by atoms with Crippen LogP contribution in [0.15, 0.2) is 24.3 Å². The standard InChI is InChI=1S/C16H22FN3O/c1-16(2,3)15-8-13(19-20-15)11(9-18)10-5-6-14(21-4)12(17)7-10/h5-8,11H,9,18H2,1-4H3,(H,19,20). The Morgan fingerprint density at radius 3 is 2.52 bits per heavy atom. The number of aromatic amines is 1. The van der Waals surface area contributed by atoms with Crippen molar-refractivity contribution in [3.63, 3.8) is 0 Å². The minimum atomic E-state index is -0.385. The van der Waals surface area contributed by atoms with Crippen LogP contribution < -0.4 is 10.5 Å². The van der Waals surface area contributed by atoms with Crippen molar-refractivity contribution in [3.05, 3.63) is 47.0 Å². The molecular formula is C16H22FN3O. The van der Waals surface area contributed by atoms with Gasteiger partial charge in [-0.1, -0.05) is 26.8 Å². The van der Waals surface area contributed by atoms with Gasteiger partial charge < -0.3 is 10.5 Å². The zero-order valence-corrected chi connectivity index (χ0v) is 12.9. The number of hydrogen-bond donors (Lipinski definition) is 2. The van der Waals surface area contributed by atoms with E-state index in [1.54, 1.807) is 6.07 Å². The van der Waals surface area contributed by atoms with Gasteiger partial charge in [0.2, 0.25) is 0 Å². The maximum absolute atomic E-state index is 13.9. The van der Waals surface area contributed by atoms with E-state index in [1.165, 1.54) is 13.2 Å². The van der Waals surface area contributed by atoms with Crippen LogP contribution in [-0.4, -0.2) is 23.9 Å². The van der Waals surface area contributed by atoms with Crippen LogP contribution >= 0.6 is 0 Å². The van der Waals surface area contributed by atoms with Crippen LogP contribution in [-0.2, 0) is 5.41 Å². The number of nitrogens with one attached hydrogen (secondary N) is 1. The van der Waals surface area contributed by atoms with Crippen molar-refractivity contribution in [1.82, 2.24) is 10.2 Å². The van der Waals surface area contributed by atoms with Crippen molar-refractivity contribution >= 4 is 0 Å². The molecule has 2 rings (SSSR count). The topological polar surface area (TPSA) is 63.9 Å². The van der Waals surface area contributed by atoms with Gasteiger partial charge >= 0.3 is 0 Å². The van der Waals surface area contributed by atoms with Crippen LogP contribution in [0.2, 0.25) is 0 Å². The van der Waals surface area contributed by atoms with E-state index in [9.17, 15) is 4.39 Å². The number of nitrogens with two attached hydrogens (primary N) is 1. The predicted octanol–water partition coefficient (Wildman–Crippen LogP) is 2.95. The molecule has 0 radical (unpaired) electrons. The van der Waals surface area contributed by atoms with Gasteiger partial charge in [0.25, 0.3) is 0 Å². The van der Waals surface area contributed by atoms with E-state index >= 15 is 0 Å². The number of benzene rings is 1. The highest BCUT2D eigenvalue weighted by Gasteiger charge is 2.22. The second kappa shape index (κ2) is 5.85. The smallest absolute Gasteiger partial charge is 0.165 e. The SMILES string of the molecule is COc1ccc(C(CN)c2cc(C(C)(C)C)n[nH]2)cc1F. The van der Waals surface area contributed by atoms with Crippen molar-refractivity contribution in [3.8, 4) is 5.75 Å². The lowest BCUT2D eigenvalue weighted by molar-refractivity contribution is 0.386. The Morgan fingerprint density at radius 1 is 1.33 bits per heavy atom. The molecule has 1 aromatic carbocycles. The van der Waals surface area contributed by atoms with Gasteiger partial charge in [0.05, 0.1) is 12.8 Å². The first-order valence-corrected chi connectivity index (χ1v) is 6.96. The summed E-state index contributed by atoms with van der Waals surface area (Å²) in [6.45, 7) is 6.66. The van der Waals surface area contributed by atoms with Crippen molar-refractivity contribution < 1.29 is 9.13 Å². The number of rotatable bonds is 4. The van der Waals surface area contributed by atoms with E-state index in [0.29, 0.717) is 6.54 Å². The molecule has 0 amide bonds. The molecule has 0 spiro atoms. The van der Waals surface area contributed by atoms with E-state index < -0.39 is 0 Å². The molecule has 4 nitrogen and oxygen atoms in total. The monoisotopic (exact) mass is 291 g/mol. The van der Waals surface area contributed by atoms with Gasteiger partial charge in [-0.15, -0.1) is 0 Å². The highest BCUT2D eigenvalue weighted by atomic mass is 19.1.